The topological polar surface area (TPSA) is 62.0 Å². The lowest BCUT2D eigenvalue weighted by molar-refractivity contribution is -0.0254. The Morgan fingerprint density at radius 1 is 1.17 bits per heavy atom. The zero-order valence-electron chi connectivity index (χ0n) is 17.8. The van der Waals surface area contributed by atoms with Crippen LogP contribution in [-0.4, -0.2) is 35.7 Å². The first-order valence-electron chi connectivity index (χ1n) is 11.2. The highest BCUT2D eigenvalue weighted by Crippen LogP contribution is 2.61. The molecule has 4 nitrogen and oxygen atoms in total. The normalized spacial score (nSPS) is 35.0. The van der Waals surface area contributed by atoms with Crippen molar-refractivity contribution in [3.8, 4) is 11.5 Å². The van der Waals surface area contributed by atoms with Gasteiger partial charge in [0.15, 0.2) is 0 Å². The van der Waals surface area contributed by atoms with E-state index < -0.39 is 6.10 Å². The van der Waals surface area contributed by atoms with Crippen molar-refractivity contribution in [2.45, 2.75) is 57.1 Å². The molecule has 0 aromatic heterocycles. The number of aliphatic hydroxyl groups is 1. The fraction of sp³-hybridized carbons (Fsp3) is 0.500. The average Bonchev–Trinajstić information content (AvgIpc) is 3.03. The monoisotopic (exact) mass is 405 g/mol. The number of aryl methyl sites for hydroxylation is 1. The van der Waals surface area contributed by atoms with E-state index in [4.69, 9.17) is 9.73 Å². The second-order valence-corrected chi connectivity index (χ2v) is 9.61. The summed E-state index contributed by atoms with van der Waals surface area (Å²) < 4.78 is 5.43. The molecular weight excluding hydrogens is 374 g/mol. The van der Waals surface area contributed by atoms with E-state index in [2.05, 4.69) is 25.1 Å². The van der Waals surface area contributed by atoms with Gasteiger partial charge in [-0.05, 0) is 90.7 Å². The molecule has 2 N–H and O–H groups in total. The van der Waals surface area contributed by atoms with Gasteiger partial charge in [0.25, 0.3) is 0 Å². The highest BCUT2D eigenvalue weighted by Gasteiger charge is 2.58. The summed E-state index contributed by atoms with van der Waals surface area (Å²) in [5.41, 5.74) is 3.56. The second-order valence-electron chi connectivity index (χ2n) is 9.61. The van der Waals surface area contributed by atoms with Crippen LogP contribution in [0, 0.1) is 17.3 Å². The molecule has 3 aliphatic carbocycles. The van der Waals surface area contributed by atoms with E-state index in [-0.39, 0.29) is 17.2 Å². The Bertz CT molecular complexity index is 971. The zero-order valence-corrected chi connectivity index (χ0v) is 17.8. The molecule has 2 fully saturated rings. The van der Waals surface area contributed by atoms with Crippen LogP contribution < -0.4 is 4.74 Å². The van der Waals surface area contributed by atoms with E-state index >= 15 is 0 Å². The molecule has 0 radical (unpaired) electrons. The van der Waals surface area contributed by atoms with Gasteiger partial charge >= 0.3 is 0 Å². The quantitative estimate of drug-likeness (QED) is 0.727. The van der Waals surface area contributed by atoms with Crippen LogP contribution in [-0.2, 0) is 6.42 Å². The number of benzene rings is 2. The summed E-state index contributed by atoms with van der Waals surface area (Å²) in [6, 6.07) is 13.7. The van der Waals surface area contributed by atoms with Crippen molar-refractivity contribution < 1.29 is 14.9 Å². The average molecular weight is 406 g/mol. The molecule has 2 aromatic carbocycles. The summed E-state index contributed by atoms with van der Waals surface area (Å²) in [5, 5.41) is 21.3. The maximum atomic E-state index is 11.3. The Morgan fingerprint density at radius 2 is 2.00 bits per heavy atom. The van der Waals surface area contributed by atoms with Crippen LogP contribution in [0.3, 0.4) is 0 Å². The van der Waals surface area contributed by atoms with Gasteiger partial charge in [0, 0.05) is 11.8 Å². The minimum Gasteiger partial charge on any atom is -0.507 e. The number of nitrogens with zero attached hydrogens (tertiary/aromatic N) is 1. The number of phenolic OH excluding ortho intramolecular Hbond substituents is 1. The van der Waals surface area contributed by atoms with Crippen molar-refractivity contribution in [1.29, 1.82) is 0 Å². The standard InChI is InChI=1S/C26H31NO3/c1-26-12-11-20-19-10-8-18(30-2)13-16(19)7-9-21(20)22(26)14-23(25(26)29)27-15-17-5-3-4-6-24(17)28/h3-6,8,10,13,15,20-23,25,28-29H,7,9,11-12,14H2,1-2H3/t20-,21-,22+,23-,25-,26+/m1/s1. The highest BCUT2D eigenvalue weighted by molar-refractivity contribution is 5.83. The Labute approximate surface area is 178 Å². The second kappa shape index (κ2) is 7.42. The number of hydrogen-bond acceptors (Lipinski definition) is 4. The maximum absolute atomic E-state index is 11.3. The molecule has 0 bridgehead atoms. The predicted octanol–water partition coefficient (Wildman–Crippen LogP) is 4.72. The van der Waals surface area contributed by atoms with E-state index in [0.29, 0.717) is 23.3 Å². The first kappa shape index (κ1) is 19.6. The number of aromatic hydroxyl groups is 1. The third-order valence-electron chi connectivity index (χ3n) is 8.25. The third kappa shape index (κ3) is 3.04. The maximum Gasteiger partial charge on any atom is 0.124 e. The van der Waals surface area contributed by atoms with Crippen LogP contribution in [0.5, 0.6) is 11.5 Å². The Balaban J connectivity index is 1.40. The number of aliphatic imine (C=N–C) groups is 1. The van der Waals surface area contributed by atoms with Gasteiger partial charge in [-0.2, -0.15) is 0 Å². The molecule has 5 rings (SSSR count). The molecule has 6 atom stereocenters. The summed E-state index contributed by atoms with van der Waals surface area (Å²) >= 11 is 0. The smallest absolute Gasteiger partial charge is 0.124 e. The number of rotatable bonds is 3. The molecule has 0 saturated heterocycles. The number of phenols is 1. The number of aliphatic hydroxyl groups excluding tert-OH is 1. The molecular formula is C26H31NO3. The van der Waals surface area contributed by atoms with Crippen LogP contribution in [0.1, 0.15) is 55.2 Å². The van der Waals surface area contributed by atoms with Crippen LogP contribution >= 0.6 is 0 Å². The van der Waals surface area contributed by atoms with Gasteiger partial charge in [-0.3, -0.25) is 4.99 Å². The molecule has 0 amide bonds. The lowest BCUT2D eigenvalue weighted by atomic mass is 9.55. The minimum absolute atomic E-state index is 0.0775. The predicted molar refractivity (Wildman–Crippen MR) is 118 cm³/mol. The lowest BCUT2D eigenvalue weighted by Gasteiger charge is -2.50. The number of para-hydroxylation sites is 1. The van der Waals surface area contributed by atoms with Gasteiger partial charge in [-0.15, -0.1) is 0 Å². The SMILES string of the molecule is COc1ccc2c(c1)CC[C@@H]1[C@@H]2CC[C@]2(C)[C@H](O)[C@H](N=Cc3ccccc3O)C[C@@H]12. The van der Waals surface area contributed by atoms with Crippen molar-refractivity contribution in [1.82, 2.24) is 0 Å². The minimum atomic E-state index is -0.428. The molecule has 2 aromatic rings. The van der Waals surface area contributed by atoms with Gasteiger partial charge in [0.05, 0.1) is 19.3 Å². The number of methoxy groups -OCH3 is 1. The van der Waals surface area contributed by atoms with Gasteiger partial charge in [0.1, 0.15) is 11.5 Å². The molecule has 0 spiro atoms. The summed E-state index contributed by atoms with van der Waals surface area (Å²) in [6.45, 7) is 2.28. The van der Waals surface area contributed by atoms with Crippen LogP contribution in [0.25, 0.3) is 0 Å². The van der Waals surface area contributed by atoms with Gasteiger partial charge in [-0.25, -0.2) is 0 Å². The molecule has 0 heterocycles. The van der Waals surface area contributed by atoms with Crippen molar-refractivity contribution in [3.63, 3.8) is 0 Å². The van der Waals surface area contributed by atoms with Gasteiger partial charge in [0.2, 0.25) is 0 Å². The number of fused-ring (bicyclic) bond motifs is 5. The zero-order chi connectivity index (χ0) is 20.9. The first-order valence-corrected chi connectivity index (χ1v) is 11.2. The summed E-state index contributed by atoms with van der Waals surface area (Å²) in [4.78, 5) is 4.76. The van der Waals surface area contributed by atoms with Crippen molar-refractivity contribution >= 4 is 6.21 Å². The summed E-state index contributed by atoms with van der Waals surface area (Å²) in [7, 11) is 1.73. The van der Waals surface area contributed by atoms with Crippen LogP contribution in [0.15, 0.2) is 47.5 Å². The molecule has 30 heavy (non-hydrogen) atoms. The molecule has 4 heteroatoms. The van der Waals surface area contributed by atoms with E-state index in [1.165, 1.54) is 17.5 Å². The van der Waals surface area contributed by atoms with Crippen LogP contribution in [0.4, 0.5) is 0 Å². The third-order valence-corrected chi connectivity index (χ3v) is 8.25. The lowest BCUT2D eigenvalue weighted by Crippen LogP contribution is -2.44. The van der Waals surface area contributed by atoms with Gasteiger partial charge in [-0.1, -0.05) is 25.1 Å². The molecule has 3 aliphatic rings. The Kier molecular flexibility index (Phi) is 4.85. The summed E-state index contributed by atoms with van der Waals surface area (Å²) in [6.07, 6.45) is 6.66. The largest absolute Gasteiger partial charge is 0.507 e. The van der Waals surface area contributed by atoms with E-state index in [1.54, 1.807) is 19.4 Å². The van der Waals surface area contributed by atoms with Crippen molar-refractivity contribution in [2.75, 3.05) is 7.11 Å². The van der Waals surface area contributed by atoms with Crippen molar-refractivity contribution in [2.24, 2.45) is 22.2 Å². The van der Waals surface area contributed by atoms with Crippen LogP contribution in [0.2, 0.25) is 0 Å². The van der Waals surface area contributed by atoms with E-state index in [9.17, 15) is 10.2 Å². The first-order chi connectivity index (χ1) is 14.5. The molecule has 2 saturated carbocycles. The fourth-order valence-corrected chi connectivity index (χ4v) is 6.59. The fourth-order valence-electron chi connectivity index (χ4n) is 6.59. The number of ether oxygens (including phenoxy) is 1. The van der Waals surface area contributed by atoms with E-state index in [0.717, 1.165) is 31.4 Å². The molecule has 158 valence electrons. The number of hydrogen-bond donors (Lipinski definition) is 2. The van der Waals surface area contributed by atoms with Gasteiger partial charge < -0.3 is 14.9 Å². The Morgan fingerprint density at radius 3 is 2.80 bits per heavy atom. The highest BCUT2D eigenvalue weighted by atomic mass is 16.5. The summed E-state index contributed by atoms with van der Waals surface area (Å²) in [5.74, 6) is 2.84. The Hall–Kier alpha value is -2.33. The molecule has 0 unspecified atom stereocenters. The van der Waals surface area contributed by atoms with E-state index in [1.807, 2.05) is 18.2 Å². The molecule has 0 aliphatic heterocycles. The van der Waals surface area contributed by atoms with Crippen molar-refractivity contribution in [3.05, 3.63) is 59.2 Å².